The van der Waals surface area contributed by atoms with Gasteiger partial charge in [-0.3, -0.25) is 9.59 Å². The molecule has 0 aliphatic carbocycles. The third-order valence-electron chi connectivity index (χ3n) is 5.04. The molecule has 1 aliphatic heterocycles. The molecule has 2 N–H and O–H groups in total. The molecule has 0 atom stereocenters. The topological polar surface area (TPSA) is 67.4 Å². The molecule has 0 radical (unpaired) electrons. The summed E-state index contributed by atoms with van der Waals surface area (Å²) in [4.78, 5) is 25.2. The van der Waals surface area contributed by atoms with Gasteiger partial charge in [-0.2, -0.15) is 0 Å². The van der Waals surface area contributed by atoms with Crippen LogP contribution in [0.15, 0.2) is 42.5 Å². The Bertz CT molecular complexity index is 901. The van der Waals surface area contributed by atoms with E-state index >= 15 is 0 Å². The lowest BCUT2D eigenvalue weighted by Crippen LogP contribution is -2.49. The van der Waals surface area contributed by atoms with Crippen LogP contribution in [0, 0.1) is 5.82 Å². The van der Waals surface area contributed by atoms with Crippen molar-refractivity contribution in [1.29, 1.82) is 0 Å². The second-order valence-electron chi connectivity index (χ2n) is 6.81. The molecular formula is C21H21Cl2FN2O3. The number of nitrogens with one attached hydrogen (secondary N) is 2. The first-order valence-corrected chi connectivity index (χ1v) is 10.0. The van der Waals surface area contributed by atoms with Gasteiger partial charge in [-0.1, -0.05) is 41.4 Å². The zero-order valence-electron chi connectivity index (χ0n) is 15.6. The minimum absolute atomic E-state index is 0.0346. The summed E-state index contributed by atoms with van der Waals surface area (Å²) in [5.74, 6) is -1.31. The van der Waals surface area contributed by atoms with E-state index in [2.05, 4.69) is 10.6 Å². The van der Waals surface area contributed by atoms with Gasteiger partial charge in [0.15, 0.2) is 0 Å². The lowest BCUT2D eigenvalue weighted by Gasteiger charge is -2.36. The van der Waals surface area contributed by atoms with Gasteiger partial charge in [0.2, 0.25) is 5.91 Å². The van der Waals surface area contributed by atoms with E-state index in [4.69, 9.17) is 27.9 Å². The van der Waals surface area contributed by atoms with Crippen LogP contribution < -0.4 is 10.6 Å². The number of amides is 2. The standard InChI is InChI=1S/C21H21Cl2FN2O3/c22-14-5-6-16(17(23)13-14)21(7-11-29-12-8-21)20(28)26-10-9-25-19(27)15-3-1-2-4-18(15)24/h1-6,13H,7-12H2,(H,25,27)(H,26,28). The molecule has 1 saturated heterocycles. The van der Waals surface area contributed by atoms with Gasteiger partial charge in [0.1, 0.15) is 5.82 Å². The van der Waals surface area contributed by atoms with Gasteiger partial charge in [-0.25, -0.2) is 4.39 Å². The number of carbonyl (C=O) groups is 2. The molecule has 154 valence electrons. The van der Waals surface area contributed by atoms with Gasteiger partial charge in [0, 0.05) is 36.3 Å². The van der Waals surface area contributed by atoms with Gasteiger partial charge in [0.05, 0.1) is 11.0 Å². The van der Waals surface area contributed by atoms with Gasteiger partial charge < -0.3 is 15.4 Å². The lowest BCUT2D eigenvalue weighted by molar-refractivity contribution is -0.130. The summed E-state index contributed by atoms with van der Waals surface area (Å²) < 4.78 is 19.1. The third kappa shape index (κ3) is 4.89. The fourth-order valence-corrected chi connectivity index (χ4v) is 4.07. The van der Waals surface area contributed by atoms with Crippen LogP contribution in [0.1, 0.15) is 28.8 Å². The minimum Gasteiger partial charge on any atom is -0.381 e. The largest absolute Gasteiger partial charge is 0.381 e. The van der Waals surface area contributed by atoms with Crippen LogP contribution in [-0.4, -0.2) is 38.1 Å². The van der Waals surface area contributed by atoms with Crippen molar-refractivity contribution >= 4 is 35.0 Å². The molecule has 0 bridgehead atoms. The molecule has 29 heavy (non-hydrogen) atoms. The van der Waals surface area contributed by atoms with E-state index in [1.54, 1.807) is 24.3 Å². The van der Waals surface area contributed by atoms with Crippen molar-refractivity contribution in [3.63, 3.8) is 0 Å². The van der Waals surface area contributed by atoms with Crippen molar-refractivity contribution in [3.8, 4) is 0 Å². The Hall–Kier alpha value is -2.15. The highest BCUT2D eigenvalue weighted by molar-refractivity contribution is 6.35. The van der Waals surface area contributed by atoms with Gasteiger partial charge in [-0.15, -0.1) is 0 Å². The quantitative estimate of drug-likeness (QED) is 0.675. The maximum absolute atomic E-state index is 13.7. The summed E-state index contributed by atoms with van der Waals surface area (Å²) in [5, 5.41) is 6.40. The molecule has 0 aromatic heterocycles. The van der Waals surface area contributed by atoms with Crippen molar-refractivity contribution in [2.45, 2.75) is 18.3 Å². The monoisotopic (exact) mass is 438 g/mol. The first kappa shape index (κ1) is 21.6. The zero-order valence-corrected chi connectivity index (χ0v) is 17.2. The Balaban J connectivity index is 1.64. The fraction of sp³-hybridized carbons (Fsp3) is 0.333. The summed E-state index contributed by atoms with van der Waals surface area (Å²) >= 11 is 12.4. The smallest absolute Gasteiger partial charge is 0.254 e. The predicted octanol–water partition coefficient (Wildman–Crippen LogP) is 3.73. The van der Waals surface area contributed by atoms with Crippen LogP contribution in [0.3, 0.4) is 0 Å². The molecule has 2 aromatic rings. The Kier molecular flexibility index (Phi) is 7.11. The number of halogens is 3. The van der Waals surface area contributed by atoms with Gasteiger partial charge in [0.25, 0.3) is 5.91 Å². The highest BCUT2D eigenvalue weighted by Crippen LogP contribution is 2.39. The van der Waals surface area contributed by atoms with Crippen molar-refractivity contribution < 1.29 is 18.7 Å². The van der Waals surface area contributed by atoms with Gasteiger partial charge in [-0.05, 0) is 42.7 Å². The van der Waals surface area contributed by atoms with Crippen LogP contribution in [-0.2, 0) is 14.9 Å². The molecule has 1 aliphatic rings. The van der Waals surface area contributed by atoms with E-state index in [0.29, 0.717) is 41.7 Å². The van der Waals surface area contributed by atoms with Crippen LogP contribution in [0.4, 0.5) is 4.39 Å². The average Bonchev–Trinajstić information content (AvgIpc) is 2.71. The molecule has 2 amide bonds. The van der Waals surface area contributed by atoms with E-state index in [1.807, 2.05) is 0 Å². The van der Waals surface area contributed by atoms with E-state index in [-0.39, 0.29) is 24.6 Å². The lowest BCUT2D eigenvalue weighted by atomic mass is 9.73. The number of carbonyl (C=O) groups excluding carboxylic acids is 2. The maximum Gasteiger partial charge on any atom is 0.254 e. The summed E-state index contributed by atoms with van der Waals surface area (Å²) in [6.07, 6.45) is 0.976. The average molecular weight is 439 g/mol. The van der Waals surface area contributed by atoms with Crippen LogP contribution >= 0.6 is 23.2 Å². The second-order valence-corrected chi connectivity index (χ2v) is 7.65. The Morgan fingerprint density at radius 3 is 2.41 bits per heavy atom. The maximum atomic E-state index is 13.7. The first-order chi connectivity index (χ1) is 13.9. The highest BCUT2D eigenvalue weighted by atomic mass is 35.5. The molecule has 0 unspecified atom stereocenters. The molecule has 3 rings (SSSR count). The van der Waals surface area contributed by atoms with Crippen molar-refractivity contribution in [1.82, 2.24) is 10.6 Å². The molecule has 1 heterocycles. The van der Waals surface area contributed by atoms with Gasteiger partial charge >= 0.3 is 0 Å². The van der Waals surface area contributed by atoms with E-state index in [1.165, 1.54) is 18.2 Å². The number of hydrogen-bond acceptors (Lipinski definition) is 3. The van der Waals surface area contributed by atoms with Crippen LogP contribution in [0.5, 0.6) is 0 Å². The first-order valence-electron chi connectivity index (χ1n) is 9.28. The molecule has 2 aromatic carbocycles. The number of rotatable bonds is 6. The summed E-state index contributed by atoms with van der Waals surface area (Å²) in [7, 11) is 0. The van der Waals surface area contributed by atoms with E-state index in [0.717, 1.165) is 0 Å². The molecule has 0 saturated carbocycles. The molecule has 8 heteroatoms. The second kappa shape index (κ2) is 9.57. The van der Waals surface area contributed by atoms with E-state index in [9.17, 15) is 14.0 Å². The third-order valence-corrected chi connectivity index (χ3v) is 5.59. The van der Waals surface area contributed by atoms with Crippen LogP contribution in [0.25, 0.3) is 0 Å². The minimum atomic E-state index is -0.824. The molecule has 1 fully saturated rings. The number of hydrogen-bond donors (Lipinski definition) is 2. The summed E-state index contributed by atoms with van der Waals surface area (Å²) in [6, 6.07) is 10.8. The Morgan fingerprint density at radius 1 is 1.03 bits per heavy atom. The van der Waals surface area contributed by atoms with Crippen molar-refractivity contribution in [3.05, 3.63) is 69.5 Å². The Morgan fingerprint density at radius 2 is 1.72 bits per heavy atom. The molecule has 0 spiro atoms. The molecule has 5 nitrogen and oxygen atoms in total. The number of ether oxygens (including phenoxy) is 1. The summed E-state index contributed by atoms with van der Waals surface area (Å²) in [5.41, 5.74) is -0.150. The van der Waals surface area contributed by atoms with Crippen molar-refractivity contribution in [2.75, 3.05) is 26.3 Å². The van der Waals surface area contributed by atoms with Crippen molar-refractivity contribution in [2.24, 2.45) is 0 Å². The van der Waals surface area contributed by atoms with Crippen LogP contribution in [0.2, 0.25) is 10.0 Å². The SMILES string of the molecule is O=C(NCCNC(=O)C1(c2ccc(Cl)cc2Cl)CCOCC1)c1ccccc1F. The number of benzene rings is 2. The normalized spacial score (nSPS) is 15.6. The summed E-state index contributed by atoms with van der Waals surface area (Å²) in [6.45, 7) is 1.25. The van der Waals surface area contributed by atoms with E-state index < -0.39 is 17.1 Å². The fourth-order valence-electron chi connectivity index (χ4n) is 3.48. The predicted molar refractivity (Wildman–Crippen MR) is 110 cm³/mol. The Labute approximate surface area is 178 Å². The molecular weight excluding hydrogens is 418 g/mol. The zero-order chi connectivity index (χ0) is 20.9. The highest BCUT2D eigenvalue weighted by Gasteiger charge is 2.42.